The van der Waals surface area contributed by atoms with Gasteiger partial charge in [0, 0.05) is 17.9 Å². The molecule has 0 aliphatic carbocycles. The normalized spacial score (nSPS) is 10.3. The maximum Gasteiger partial charge on any atom is 0.339 e. The third-order valence-corrected chi connectivity index (χ3v) is 2.62. The lowest BCUT2D eigenvalue weighted by Gasteiger charge is -2.07. The van der Waals surface area contributed by atoms with Crippen molar-refractivity contribution >= 4 is 11.9 Å². The van der Waals surface area contributed by atoms with Crippen LogP contribution in [0, 0.1) is 13.8 Å². The minimum Gasteiger partial charge on any atom is -0.481 e. The van der Waals surface area contributed by atoms with Gasteiger partial charge in [-0.2, -0.15) is 0 Å². The molecule has 0 aliphatic rings. The number of carbonyl (C=O) groups is 2. The lowest BCUT2D eigenvalue weighted by Crippen LogP contribution is -2.10. The SMILES string of the molecule is CCOC(=O)c1cc(C)n(CCC(=O)O)c1C. The quantitative estimate of drug-likeness (QED) is 0.795. The molecule has 0 aromatic carbocycles. The van der Waals surface area contributed by atoms with Crippen molar-refractivity contribution in [3.05, 3.63) is 23.0 Å². The molecule has 0 saturated carbocycles. The van der Waals surface area contributed by atoms with E-state index in [1.165, 1.54) is 0 Å². The van der Waals surface area contributed by atoms with Gasteiger partial charge in [0.1, 0.15) is 0 Å². The number of esters is 1. The molecule has 1 rings (SSSR count). The highest BCUT2D eigenvalue weighted by molar-refractivity contribution is 5.91. The fourth-order valence-electron chi connectivity index (χ4n) is 1.77. The molecule has 0 saturated heterocycles. The highest BCUT2D eigenvalue weighted by Crippen LogP contribution is 2.16. The smallest absolute Gasteiger partial charge is 0.339 e. The summed E-state index contributed by atoms with van der Waals surface area (Å²) in [4.78, 5) is 22.2. The molecule has 0 fully saturated rings. The second-order valence-corrected chi connectivity index (χ2v) is 3.80. The summed E-state index contributed by atoms with van der Waals surface area (Å²) in [7, 11) is 0. The van der Waals surface area contributed by atoms with Crippen molar-refractivity contribution in [2.45, 2.75) is 33.7 Å². The second kappa shape index (κ2) is 5.52. The molecular formula is C12H17NO4. The molecule has 0 amide bonds. The molecule has 5 nitrogen and oxygen atoms in total. The molecule has 94 valence electrons. The van der Waals surface area contributed by atoms with Crippen LogP contribution in [-0.4, -0.2) is 28.2 Å². The lowest BCUT2D eigenvalue weighted by atomic mass is 10.2. The van der Waals surface area contributed by atoms with E-state index in [4.69, 9.17) is 9.84 Å². The van der Waals surface area contributed by atoms with Gasteiger partial charge in [0.2, 0.25) is 0 Å². The van der Waals surface area contributed by atoms with E-state index in [1.807, 2.05) is 11.5 Å². The lowest BCUT2D eigenvalue weighted by molar-refractivity contribution is -0.137. The molecule has 5 heteroatoms. The van der Waals surface area contributed by atoms with Crippen LogP contribution in [-0.2, 0) is 16.1 Å². The van der Waals surface area contributed by atoms with Gasteiger partial charge in [0.15, 0.2) is 0 Å². The summed E-state index contributed by atoms with van der Waals surface area (Å²) in [5, 5.41) is 8.65. The minimum atomic E-state index is -0.852. The van der Waals surface area contributed by atoms with E-state index in [-0.39, 0.29) is 12.4 Å². The molecule has 0 atom stereocenters. The number of aromatic nitrogens is 1. The van der Waals surface area contributed by atoms with Crippen molar-refractivity contribution in [1.29, 1.82) is 0 Å². The monoisotopic (exact) mass is 239 g/mol. The number of hydrogen-bond donors (Lipinski definition) is 1. The van der Waals surface area contributed by atoms with Crippen molar-refractivity contribution in [3.8, 4) is 0 Å². The number of carboxylic acids is 1. The topological polar surface area (TPSA) is 68.5 Å². The molecule has 1 N–H and O–H groups in total. The fraction of sp³-hybridized carbons (Fsp3) is 0.500. The Bertz CT molecular complexity index is 434. The van der Waals surface area contributed by atoms with Crippen LogP contribution in [0.3, 0.4) is 0 Å². The Morgan fingerprint density at radius 3 is 2.59 bits per heavy atom. The Labute approximate surface area is 100 Å². The van der Waals surface area contributed by atoms with E-state index < -0.39 is 5.97 Å². The number of hydrogen-bond acceptors (Lipinski definition) is 3. The molecule has 0 radical (unpaired) electrons. The van der Waals surface area contributed by atoms with Crippen LogP contribution >= 0.6 is 0 Å². The third-order valence-electron chi connectivity index (χ3n) is 2.62. The number of ether oxygens (including phenoxy) is 1. The summed E-state index contributed by atoms with van der Waals surface area (Å²) in [5.41, 5.74) is 2.13. The summed E-state index contributed by atoms with van der Waals surface area (Å²) in [5.74, 6) is -1.21. The first-order chi connectivity index (χ1) is 7.97. The standard InChI is InChI=1S/C12H17NO4/c1-4-17-12(16)10-7-8(2)13(9(10)3)6-5-11(14)15/h7H,4-6H2,1-3H3,(H,14,15). The molecule has 1 aromatic heterocycles. The molecular weight excluding hydrogens is 222 g/mol. The van der Waals surface area contributed by atoms with Gasteiger partial charge in [-0.1, -0.05) is 0 Å². The van der Waals surface area contributed by atoms with E-state index in [1.54, 1.807) is 19.9 Å². The average molecular weight is 239 g/mol. The molecule has 0 spiro atoms. The summed E-state index contributed by atoms with van der Waals surface area (Å²) in [6.45, 7) is 6.09. The van der Waals surface area contributed by atoms with Crippen LogP contribution in [0.1, 0.15) is 35.1 Å². The van der Waals surface area contributed by atoms with Gasteiger partial charge >= 0.3 is 11.9 Å². The Balaban J connectivity index is 2.93. The molecule has 0 bridgehead atoms. The van der Waals surface area contributed by atoms with E-state index in [0.717, 1.165) is 11.4 Å². The van der Waals surface area contributed by atoms with Crippen LogP contribution in [0.2, 0.25) is 0 Å². The molecule has 1 aromatic rings. The predicted molar refractivity (Wildman–Crippen MR) is 62.1 cm³/mol. The number of aryl methyl sites for hydroxylation is 1. The van der Waals surface area contributed by atoms with Gasteiger partial charge in [-0.05, 0) is 26.8 Å². The number of carboxylic acid groups (broad SMARTS) is 1. The minimum absolute atomic E-state index is 0.0403. The summed E-state index contributed by atoms with van der Waals surface area (Å²) < 4.78 is 6.75. The maximum absolute atomic E-state index is 11.6. The highest BCUT2D eigenvalue weighted by atomic mass is 16.5. The van der Waals surface area contributed by atoms with E-state index in [0.29, 0.717) is 18.7 Å². The summed E-state index contributed by atoms with van der Waals surface area (Å²) in [6.07, 6.45) is 0.0403. The van der Waals surface area contributed by atoms with Gasteiger partial charge in [0.25, 0.3) is 0 Å². The number of carbonyl (C=O) groups excluding carboxylic acids is 1. The van der Waals surface area contributed by atoms with Crippen molar-refractivity contribution < 1.29 is 19.4 Å². The first kappa shape index (κ1) is 13.3. The van der Waals surface area contributed by atoms with Crippen LogP contribution < -0.4 is 0 Å². The average Bonchev–Trinajstić information content (AvgIpc) is 2.52. The van der Waals surface area contributed by atoms with Crippen molar-refractivity contribution in [2.24, 2.45) is 0 Å². The first-order valence-electron chi connectivity index (χ1n) is 5.53. The van der Waals surface area contributed by atoms with E-state index in [9.17, 15) is 9.59 Å². The molecule has 17 heavy (non-hydrogen) atoms. The predicted octanol–water partition coefficient (Wildman–Crippen LogP) is 1.76. The van der Waals surface area contributed by atoms with Crippen molar-refractivity contribution in [2.75, 3.05) is 6.61 Å². The maximum atomic E-state index is 11.6. The number of nitrogens with zero attached hydrogens (tertiary/aromatic N) is 1. The van der Waals surface area contributed by atoms with Crippen LogP contribution in [0.5, 0.6) is 0 Å². The van der Waals surface area contributed by atoms with Gasteiger partial charge in [-0.3, -0.25) is 4.79 Å². The number of rotatable bonds is 5. The zero-order valence-corrected chi connectivity index (χ0v) is 10.3. The number of aliphatic carboxylic acids is 1. The zero-order valence-electron chi connectivity index (χ0n) is 10.3. The molecule has 1 heterocycles. The summed E-state index contributed by atoms with van der Waals surface area (Å²) >= 11 is 0. The molecule has 0 aliphatic heterocycles. The van der Waals surface area contributed by atoms with Crippen molar-refractivity contribution in [1.82, 2.24) is 4.57 Å². The second-order valence-electron chi connectivity index (χ2n) is 3.80. The fourth-order valence-corrected chi connectivity index (χ4v) is 1.77. The first-order valence-corrected chi connectivity index (χ1v) is 5.53. The Morgan fingerprint density at radius 1 is 1.41 bits per heavy atom. The summed E-state index contributed by atoms with van der Waals surface area (Å²) in [6, 6.07) is 1.73. The van der Waals surface area contributed by atoms with E-state index in [2.05, 4.69) is 0 Å². The highest BCUT2D eigenvalue weighted by Gasteiger charge is 2.16. The van der Waals surface area contributed by atoms with E-state index >= 15 is 0 Å². The van der Waals surface area contributed by atoms with Crippen LogP contribution in [0.15, 0.2) is 6.07 Å². The largest absolute Gasteiger partial charge is 0.481 e. The molecule has 0 unspecified atom stereocenters. The Hall–Kier alpha value is -1.78. The van der Waals surface area contributed by atoms with Gasteiger partial charge in [-0.25, -0.2) is 4.79 Å². The van der Waals surface area contributed by atoms with Gasteiger partial charge in [0.05, 0.1) is 18.6 Å². The zero-order chi connectivity index (χ0) is 13.0. The third kappa shape index (κ3) is 3.09. The van der Waals surface area contributed by atoms with Crippen LogP contribution in [0.25, 0.3) is 0 Å². The Kier molecular flexibility index (Phi) is 4.31. The van der Waals surface area contributed by atoms with Gasteiger partial charge < -0.3 is 14.4 Å². The van der Waals surface area contributed by atoms with Crippen molar-refractivity contribution in [3.63, 3.8) is 0 Å². The van der Waals surface area contributed by atoms with Gasteiger partial charge in [-0.15, -0.1) is 0 Å². The van der Waals surface area contributed by atoms with Crippen LogP contribution in [0.4, 0.5) is 0 Å². The Morgan fingerprint density at radius 2 is 2.06 bits per heavy atom.